The number of benzene rings is 2. The minimum absolute atomic E-state index is 0.0294. The number of likely N-dealkylation sites (tertiary alicyclic amines) is 1. The zero-order valence-electron chi connectivity index (χ0n) is 16.6. The summed E-state index contributed by atoms with van der Waals surface area (Å²) < 4.78 is 11.0. The molecule has 0 atom stereocenters. The van der Waals surface area contributed by atoms with Gasteiger partial charge in [0.25, 0.3) is 11.6 Å². The van der Waals surface area contributed by atoms with Crippen molar-refractivity contribution in [3.63, 3.8) is 0 Å². The molecule has 7 heteroatoms. The molecule has 3 rings (SSSR count). The minimum Gasteiger partial charge on any atom is -0.497 e. The Morgan fingerprint density at radius 2 is 1.69 bits per heavy atom. The minimum atomic E-state index is -0.442. The van der Waals surface area contributed by atoms with Gasteiger partial charge >= 0.3 is 0 Å². The fourth-order valence-corrected chi connectivity index (χ4v) is 3.48. The van der Waals surface area contributed by atoms with E-state index in [0.717, 1.165) is 44.3 Å². The average Bonchev–Trinajstić information content (AvgIpc) is 2.71. The van der Waals surface area contributed by atoms with Crippen LogP contribution in [0, 0.1) is 10.1 Å². The summed E-state index contributed by atoms with van der Waals surface area (Å²) in [6.45, 7) is 1.43. The third-order valence-electron chi connectivity index (χ3n) is 5.13. The van der Waals surface area contributed by atoms with Crippen molar-refractivity contribution in [1.82, 2.24) is 4.90 Å². The predicted octanol–water partition coefficient (Wildman–Crippen LogP) is 4.44. The second-order valence-electron chi connectivity index (χ2n) is 7.10. The highest BCUT2D eigenvalue weighted by Crippen LogP contribution is 2.34. The third-order valence-corrected chi connectivity index (χ3v) is 5.13. The van der Waals surface area contributed by atoms with Crippen LogP contribution in [0.15, 0.2) is 42.5 Å². The van der Waals surface area contributed by atoms with Gasteiger partial charge in [-0.3, -0.25) is 14.9 Å². The van der Waals surface area contributed by atoms with Gasteiger partial charge in [0.2, 0.25) is 0 Å². The number of non-ortho nitro benzene ring substituents is 1. The van der Waals surface area contributed by atoms with Crippen LogP contribution in [0.5, 0.6) is 11.5 Å². The summed E-state index contributed by atoms with van der Waals surface area (Å²) in [6, 6.07) is 11.6. The lowest BCUT2D eigenvalue weighted by molar-refractivity contribution is -0.384. The monoisotopic (exact) mass is 398 g/mol. The SMILES string of the molecule is COc1ccc(-c2cc([N+](=O)[O-])ccc2OCC(=O)N2CCCCCCC2)cc1. The van der Waals surface area contributed by atoms with Crippen molar-refractivity contribution in [3.05, 3.63) is 52.6 Å². The molecule has 1 aliphatic heterocycles. The molecule has 154 valence electrons. The van der Waals surface area contributed by atoms with Crippen LogP contribution in [-0.4, -0.2) is 42.5 Å². The number of nitro groups is 1. The molecule has 0 saturated carbocycles. The zero-order valence-corrected chi connectivity index (χ0v) is 16.6. The molecule has 7 nitrogen and oxygen atoms in total. The molecule has 29 heavy (non-hydrogen) atoms. The fourth-order valence-electron chi connectivity index (χ4n) is 3.48. The molecule has 1 heterocycles. The van der Waals surface area contributed by atoms with E-state index in [1.807, 2.05) is 17.0 Å². The molecule has 0 bridgehead atoms. The van der Waals surface area contributed by atoms with Gasteiger partial charge in [-0.15, -0.1) is 0 Å². The molecule has 1 saturated heterocycles. The summed E-state index contributed by atoms with van der Waals surface area (Å²) in [4.78, 5) is 25.2. The first-order chi connectivity index (χ1) is 14.1. The maximum atomic E-state index is 12.6. The Kier molecular flexibility index (Phi) is 7.05. The topological polar surface area (TPSA) is 81.9 Å². The van der Waals surface area contributed by atoms with Crippen molar-refractivity contribution in [1.29, 1.82) is 0 Å². The molecular weight excluding hydrogens is 372 g/mol. The highest BCUT2D eigenvalue weighted by Gasteiger charge is 2.18. The zero-order chi connectivity index (χ0) is 20.6. The lowest BCUT2D eigenvalue weighted by Gasteiger charge is -2.25. The molecule has 1 fully saturated rings. The van der Waals surface area contributed by atoms with Crippen LogP contribution in [0.4, 0.5) is 5.69 Å². The van der Waals surface area contributed by atoms with Gasteiger partial charge in [-0.1, -0.05) is 31.4 Å². The Labute approximate surface area is 170 Å². The largest absolute Gasteiger partial charge is 0.497 e. The number of nitrogens with zero attached hydrogens (tertiary/aromatic N) is 2. The summed E-state index contributed by atoms with van der Waals surface area (Å²) >= 11 is 0. The average molecular weight is 398 g/mol. The quantitative estimate of drug-likeness (QED) is 0.531. The molecule has 0 radical (unpaired) electrons. The van der Waals surface area contributed by atoms with Crippen LogP contribution in [0.25, 0.3) is 11.1 Å². The second-order valence-corrected chi connectivity index (χ2v) is 7.10. The molecule has 2 aromatic rings. The molecule has 1 aliphatic rings. The number of hydrogen-bond donors (Lipinski definition) is 0. The van der Waals surface area contributed by atoms with Gasteiger partial charge in [0.15, 0.2) is 6.61 Å². The van der Waals surface area contributed by atoms with E-state index in [1.54, 1.807) is 25.3 Å². The van der Waals surface area contributed by atoms with Crippen molar-refractivity contribution in [2.75, 3.05) is 26.8 Å². The van der Waals surface area contributed by atoms with Gasteiger partial charge in [-0.25, -0.2) is 0 Å². The van der Waals surface area contributed by atoms with Gasteiger partial charge in [0.1, 0.15) is 11.5 Å². The van der Waals surface area contributed by atoms with Gasteiger partial charge in [0.05, 0.1) is 12.0 Å². The van der Waals surface area contributed by atoms with Crippen LogP contribution in [0.3, 0.4) is 0 Å². The van der Waals surface area contributed by atoms with E-state index in [2.05, 4.69) is 0 Å². The molecule has 0 unspecified atom stereocenters. The maximum absolute atomic E-state index is 12.6. The first-order valence-corrected chi connectivity index (χ1v) is 9.92. The molecule has 2 aromatic carbocycles. The highest BCUT2D eigenvalue weighted by molar-refractivity contribution is 5.79. The number of nitro benzene ring substituents is 1. The first-order valence-electron chi connectivity index (χ1n) is 9.92. The summed E-state index contributed by atoms with van der Waals surface area (Å²) in [5.74, 6) is 1.08. The molecule has 0 aromatic heterocycles. The number of rotatable bonds is 6. The standard InChI is InChI=1S/C22H26N2O5/c1-28-19-10-7-17(8-11-19)20-15-18(24(26)27)9-12-21(20)29-16-22(25)23-13-5-3-2-4-6-14-23/h7-12,15H,2-6,13-14,16H2,1H3. The molecule has 0 aliphatic carbocycles. The third kappa shape index (κ3) is 5.47. The van der Waals surface area contributed by atoms with E-state index in [0.29, 0.717) is 17.1 Å². The van der Waals surface area contributed by atoms with Gasteiger partial charge in [0, 0.05) is 30.8 Å². The van der Waals surface area contributed by atoms with Crippen LogP contribution in [0.1, 0.15) is 32.1 Å². The second kappa shape index (κ2) is 9.91. The Balaban J connectivity index is 1.78. The number of methoxy groups -OCH3 is 1. The van der Waals surface area contributed by atoms with E-state index < -0.39 is 4.92 Å². The van der Waals surface area contributed by atoms with Crippen LogP contribution in [0.2, 0.25) is 0 Å². The number of ether oxygens (including phenoxy) is 2. The molecule has 1 amide bonds. The van der Waals surface area contributed by atoms with Crippen molar-refractivity contribution in [2.24, 2.45) is 0 Å². The first kappa shape index (κ1) is 20.6. The summed E-state index contributed by atoms with van der Waals surface area (Å²) in [5.41, 5.74) is 1.30. The number of carbonyl (C=O) groups excluding carboxylic acids is 1. The lowest BCUT2D eigenvalue weighted by atomic mass is 10.0. The van der Waals surface area contributed by atoms with Crippen LogP contribution >= 0.6 is 0 Å². The Bertz CT molecular complexity index is 843. The predicted molar refractivity (Wildman–Crippen MR) is 110 cm³/mol. The maximum Gasteiger partial charge on any atom is 0.270 e. The van der Waals surface area contributed by atoms with E-state index in [1.165, 1.54) is 18.6 Å². The summed E-state index contributed by atoms with van der Waals surface area (Å²) in [6.07, 6.45) is 5.55. The molecule has 0 spiro atoms. The Morgan fingerprint density at radius 3 is 2.31 bits per heavy atom. The van der Waals surface area contributed by atoms with E-state index in [-0.39, 0.29) is 18.2 Å². The Morgan fingerprint density at radius 1 is 1.03 bits per heavy atom. The van der Waals surface area contributed by atoms with Crippen LogP contribution in [-0.2, 0) is 4.79 Å². The van der Waals surface area contributed by atoms with Gasteiger partial charge in [-0.2, -0.15) is 0 Å². The molecule has 0 N–H and O–H groups in total. The van der Waals surface area contributed by atoms with Gasteiger partial charge < -0.3 is 14.4 Å². The van der Waals surface area contributed by atoms with E-state index in [9.17, 15) is 14.9 Å². The highest BCUT2D eigenvalue weighted by atomic mass is 16.6. The Hall–Kier alpha value is -3.09. The number of carbonyl (C=O) groups is 1. The van der Waals surface area contributed by atoms with E-state index in [4.69, 9.17) is 9.47 Å². The van der Waals surface area contributed by atoms with Crippen molar-refractivity contribution in [3.8, 4) is 22.6 Å². The summed E-state index contributed by atoms with van der Waals surface area (Å²) in [7, 11) is 1.58. The van der Waals surface area contributed by atoms with Crippen molar-refractivity contribution in [2.45, 2.75) is 32.1 Å². The molecular formula is C22H26N2O5. The number of hydrogen-bond acceptors (Lipinski definition) is 5. The van der Waals surface area contributed by atoms with Crippen molar-refractivity contribution < 1.29 is 19.2 Å². The lowest BCUT2D eigenvalue weighted by Crippen LogP contribution is -2.37. The van der Waals surface area contributed by atoms with Gasteiger partial charge in [-0.05, 0) is 36.6 Å². The van der Waals surface area contributed by atoms with Crippen molar-refractivity contribution >= 4 is 11.6 Å². The summed E-state index contributed by atoms with van der Waals surface area (Å²) in [5, 5.41) is 11.2. The normalized spacial score (nSPS) is 14.6. The smallest absolute Gasteiger partial charge is 0.270 e. The fraction of sp³-hybridized carbons (Fsp3) is 0.409. The van der Waals surface area contributed by atoms with Crippen LogP contribution < -0.4 is 9.47 Å². The number of amides is 1. The van der Waals surface area contributed by atoms with E-state index >= 15 is 0 Å².